The highest BCUT2D eigenvalue weighted by Gasteiger charge is 2.26. The van der Waals surface area contributed by atoms with Crippen molar-refractivity contribution in [3.05, 3.63) is 22.5 Å². The lowest BCUT2D eigenvalue weighted by Gasteiger charge is -2.07. The van der Waals surface area contributed by atoms with Crippen LogP contribution in [0.25, 0.3) is 0 Å². The largest absolute Gasteiger partial charge is 0.435 e. The van der Waals surface area contributed by atoms with Crippen LogP contribution < -0.4 is 5.32 Å². The summed E-state index contributed by atoms with van der Waals surface area (Å²) < 4.78 is 36.3. The molecule has 0 aliphatic heterocycles. The van der Waals surface area contributed by atoms with E-state index in [9.17, 15) is 28.1 Å². The predicted molar refractivity (Wildman–Crippen MR) is 52.6 cm³/mol. The first-order valence-corrected chi connectivity index (χ1v) is 4.78. The molecule has 1 aromatic heterocycles. The summed E-state index contributed by atoms with van der Waals surface area (Å²) in [5, 5.41) is 12.5. The summed E-state index contributed by atoms with van der Waals surface area (Å²) in [5.74, 6) is -1.29. The number of rotatable bonds is 5. The van der Waals surface area contributed by atoms with E-state index >= 15 is 0 Å². The van der Waals surface area contributed by atoms with Crippen molar-refractivity contribution in [1.82, 2.24) is 14.9 Å². The Labute approximate surface area is 98.8 Å². The fourth-order valence-corrected chi connectivity index (χ4v) is 1.15. The maximum atomic E-state index is 11.8. The van der Waals surface area contributed by atoms with E-state index in [-0.39, 0.29) is 0 Å². The molecule has 0 unspecified atom stereocenters. The molecule has 0 atom stereocenters. The molecule has 1 amide bonds. The van der Waals surface area contributed by atoms with Crippen molar-refractivity contribution in [2.75, 3.05) is 6.54 Å². The SMILES string of the molecule is O=C(Cn1ccnc1[N+](=O)[O-])NCCC(F)([18F])[18F]. The lowest BCUT2D eigenvalue weighted by molar-refractivity contribution is -0.396. The molecule has 1 rings (SSSR count). The van der Waals surface area contributed by atoms with Crippen molar-refractivity contribution >= 4 is 11.9 Å². The Kier molecular flexibility index (Phi) is 4.23. The van der Waals surface area contributed by atoms with Gasteiger partial charge in [0.1, 0.15) is 12.4 Å². The highest BCUT2D eigenvalue weighted by atomic mass is 19.2. The molecule has 0 spiro atoms. The number of hydrogen-bond acceptors (Lipinski definition) is 4. The van der Waals surface area contributed by atoms with Gasteiger partial charge in [-0.25, -0.2) is 4.57 Å². The first-order chi connectivity index (χ1) is 8.29. The standard InChI is InChI=1S/C8H9F3N4O3/c9-8(10,11)1-2-12-6(16)5-14-4-3-13-7(14)15(17)18/h3-4H,1-2,5H2,(H,12,16)/i9-1,10-1. The number of amides is 1. The molecule has 0 aromatic carbocycles. The van der Waals surface area contributed by atoms with Gasteiger partial charge in [-0.05, 0) is 4.92 Å². The third-order valence-corrected chi connectivity index (χ3v) is 1.90. The second-order valence-corrected chi connectivity index (χ2v) is 3.33. The Hall–Kier alpha value is -2.13. The molecule has 1 heterocycles. The molecule has 100 valence electrons. The summed E-state index contributed by atoms with van der Waals surface area (Å²) in [6.07, 6.45) is -3.18. The first-order valence-electron chi connectivity index (χ1n) is 4.78. The number of halogens is 3. The molecule has 7 nitrogen and oxygen atoms in total. The Morgan fingerprint density at radius 3 is 2.78 bits per heavy atom. The van der Waals surface area contributed by atoms with Crippen LogP contribution in [-0.4, -0.2) is 33.1 Å². The summed E-state index contributed by atoms with van der Waals surface area (Å²) in [5.41, 5.74) is 0. The van der Waals surface area contributed by atoms with Gasteiger partial charge in [-0.1, -0.05) is 4.98 Å². The second-order valence-electron chi connectivity index (χ2n) is 3.33. The fraction of sp³-hybridized carbons (Fsp3) is 0.500. The minimum atomic E-state index is -4.35. The summed E-state index contributed by atoms with van der Waals surface area (Å²) in [6.45, 7) is -1.01. The van der Waals surface area contributed by atoms with Crippen LogP contribution in [-0.2, 0) is 11.3 Å². The maximum absolute atomic E-state index is 11.8. The van der Waals surface area contributed by atoms with Crippen molar-refractivity contribution in [2.24, 2.45) is 0 Å². The number of imidazole rings is 1. The van der Waals surface area contributed by atoms with Gasteiger partial charge < -0.3 is 15.4 Å². The topological polar surface area (TPSA) is 90.1 Å². The number of nitro groups is 1. The van der Waals surface area contributed by atoms with Crippen LogP contribution in [0.1, 0.15) is 6.42 Å². The van der Waals surface area contributed by atoms with E-state index in [1.807, 2.05) is 5.32 Å². The van der Waals surface area contributed by atoms with E-state index in [0.717, 1.165) is 10.8 Å². The summed E-state index contributed by atoms with van der Waals surface area (Å²) >= 11 is 0. The van der Waals surface area contributed by atoms with Gasteiger partial charge in [0.15, 0.2) is 6.54 Å². The van der Waals surface area contributed by atoms with E-state index in [2.05, 4.69) is 4.98 Å². The molecule has 0 aliphatic carbocycles. The summed E-state index contributed by atoms with van der Waals surface area (Å²) in [4.78, 5) is 24.3. The van der Waals surface area contributed by atoms with Crippen molar-refractivity contribution in [3.8, 4) is 0 Å². The molecular formula is C8H9F3N4O3. The molecule has 1 aromatic rings. The van der Waals surface area contributed by atoms with E-state index in [4.69, 9.17) is 0 Å². The number of hydrogen-bond donors (Lipinski definition) is 1. The maximum Gasteiger partial charge on any atom is 0.435 e. The van der Waals surface area contributed by atoms with Gasteiger partial charge in [0.2, 0.25) is 0 Å². The van der Waals surface area contributed by atoms with Crippen LogP contribution in [0, 0.1) is 10.1 Å². The van der Waals surface area contributed by atoms with Crippen LogP contribution in [0.15, 0.2) is 12.4 Å². The van der Waals surface area contributed by atoms with Crippen molar-refractivity contribution < 1.29 is 22.9 Å². The van der Waals surface area contributed by atoms with Crippen LogP contribution in [0.3, 0.4) is 0 Å². The average Bonchev–Trinajstić information content (AvgIpc) is 2.63. The lowest BCUT2D eigenvalue weighted by Crippen LogP contribution is -2.31. The van der Waals surface area contributed by atoms with Gasteiger partial charge in [-0.3, -0.25) is 4.79 Å². The quantitative estimate of drug-likeness (QED) is 0.630. The monoisotopic (exact) mass is 264 g/mol. The number of alkyl halides is 3. The molecule has 0 bridgehead atoms. The number of nitrogens with zero attached hydrogens (tertiary/aromatic N) is 3. The molecule has 0 radical (unpaired) electrons. The second kappa shape index (κ2) is 5.47. The van der Waals surface area contributed by atoms with Gasteiger partial charge in [0.05, 0.1) is 6.42 Å². The van der Waals surface area contributed by atoms with Crippen LogP contribution >= 0.6 is 0 Å². The smallest absolute Gasteiger partial charge is 0.390 e. The molecule has 0 saturated carbocycles. The lowest BCUT2D eigenvalue weighted by atomic mass is 10.4. The Bertz CT molecular complexity index is 443. The van der Waals surface area contributed by atoms with Crippen molar-refractivity contribution in [1.29, 1.82) is 0 Å². The Morgan fingerprint density at radius 2 is 2.22 bits per heavy atom. The number of aromatic nitrogens is 2. The molecule has 1 N–H and O–H groups in total. The zero-order valence-electron chi connectivity index (χ0n) is 8.98. The molecule has 0 saturated heterocycles. The zero-order chi connectivity index (χ0) is 13.8. The minimum Gasteiger partial charge on any atom is -0.390 e. The van der Waals surface area contributed by atoms with Gasteiger partial charge in [0, 0.05) is 6.54 Å². The first kappa shape index (κ1) is 13.9. The molecule has 0 aliphatic rings. The summed E-state index contributed by atoms with van der Waals surface area (Å²) in [6, 6.07) is 0. The van der Waals surface area contributed by atoms with Crippen LogP contribution in [0.2, 0.25) is 0 Å². The number of carbonyl (C=O) groups is 1. The predicted octanol–water partition coefficient (Wildman–Crippen LogP) is 0.860. The molecule has 10 heteroatoms. The van der Waals surface area contributed by atoms with Crippen molar-refractivity contribution in [3.63, 3.8) is 0 Å². The molecule has 0 fully saturated rings. The third kappa shape index (κ3) is 4.39. The zero-order valence-corrected chi connectivity index (χ0v) is 8.98. The third-order valence-electron chi connectivity index (χ3n) is 1.90. The van der Waals surface area contributed by atoms with Gasteiger partial charge in [0.25, 0.3) is 5.91 Å². The highest BCUT2D eigenvalue weighted by Crippen LogP contribution is 2.18. The van der Waals surface area contributed by atoms with E-state index < -0.39 is 42.5 Å². The minimum absolute atomic E-state index is 0.450. The Balaban J connectivity index is 2.45. The van der Waals surface area contributed by atoms with Crippen LogP contribution in [0.4, 0.5) is 19.1 Å². The van der Waals surface area contributed by atoms with E-state index in [0.29, 0.717) is 0 Å². The van der Waals surface area contributed by atoms with Gasteiger partial charge in [-0.2, -0.15) is 13.2 Å². The number of nitrogens with one attached hydrogen (secondary N) is 1. The van der Waals surface area contributed by atoms with Gasteiger partial charge >= 0.3 is 12.1 Å². The molecular weight excluding hydrogens is 255 g/mol. The van der Waals surface area contributed by atoms with E-state index in [1.165, 1.54) is 6.20 Å². The summed E-state index contributed by atoms with van der Waals surface area (Å²) in [7, 11) is 0. The van der Waals surface area contributed by atoms with Crippen LogP contribution in [0.5, 0.6) is 0 Å². The fourth-order valence-electron chi connectivity index (χ4n) is 1.15. The highest BCUT2D eigenvalue weighted by molar-refractivity contribution is 5.75. The Morgan fingerprint density at radius 1 is 1.56 bits per heavy atom. The molecule has 18 heavy (non-hydrogen) atoms. The average molecular weight is 264 g/mol. The number of carbonyl (C=O) groups excluding carboxylic acids is 1. The van der Waals surface area contributed by atoms with E-state index in [1.54, 1.807) is 0 Å². The van der Waals surface area contributed by atoms with Gasteiger partial charge in [-0.15, -0.1) is 0 Å². The normalized spacial score (nSPS) is 11.3. The van der Waals surface area contributed by atoms with Crippen molar-refractivity contribution in [2.45, 2.75) is 19.1 Å².